The molecule has 1 fully saturated rings. The van der Waals surface area contributed by atoms with Crippen LogP contribution < -0.4 is 14.2 Å². The smallest absolute Gasteiger partial charge is 0.306 e. The molecular formula is C24H22FN3O5. The molecule has 0 atom stereocenters. The fourth-order valence-electron chi connectivity index (χ4n) is 4.15. The zero-order valence-electron chi connectivity index (χ0n) is 18.1. The van der Waals surface area contributed by atoms with Crippen LogP contribution in [-0.4, -0.2) is 39.7 Å². The number of hydrogen-bond acceptors (Lipinski definition) is 6. The van der Waals surface area contributed by atoms with Gasteiger partial charge < -0.3 is 24.3 Å². The van der Waals surface area contributed by atoms with E-state index in [4.69, 9.17) is 19.3 Å². The van der Waals surface area contributed by atoms with Gasteiger partial charge in [0.05, 0.1) is 30.5 Å². The van der Waals surface area contributed by atoms with Gasteiger partial charge in [-0.2, -0.15) is 0 Å². The summed E-state index contributed by atoms with van der Waals surface area (Å²) in [6.07, 6.45) is 2.54. The SMILES string of the molecule is COc1cc2c(Oc3ccc4[nH]c(C)cc4c3F)ncnc2cc1OCC1CC(C(=O)O)C1. The molecule has 1 aliphatic rings. The van der Waals surface area contributed by atoms with Crippen molar-refractivity contribution >= 4 is 27.8 Å². The van der Waals surface area contributed by atoms with E-state index in [1.54, 1.807) is 30.3 Å². The molecule has 0 bridgehead atoms. The van der Waals surface area contributed by atoms with Crippen LogP contribution in [0, 0.1) is 24.6 Å². The molecule has 4 aromatic rings. The molecule has 5 rings (SSSR count). The second kappa shape index (κ2) is 8.23. The van der Waals surface area contributed by atoms with Gasteiger partial charge in [0.25, 0.3) is 0 Å². The minimum Gasteiger partial charge on any atom is -0.493 e. The van der Waals surface area contributed by atoms with Gasteiger partial charge in [0, 0.05) is 22.7 Å². The molecule has 2 heterocycles. The summed E-state index contributed by atoms with van der Waals surface area (Å²) in [7, 11) is 1.52. The van der Waals surface area contributed by atoms with Gasteiger partial charge in [0.1, 0.15) is 6.33 Å². The van der Waals surface area contributed by atoms with Gasteiger partial charge >= 0.3 is 5.97 Å². The normalized spacial score (nSPS) is 17.7. The number of carboxylic acid groups (broad SMARTS) is 1. The van der Waals surface area contributed by atoms with Crippen molar-refractivity contribution in [1.82, 2.24) is 15.0 Å². The summed E-state index contributed by atoms with van der Waals surface area (Å²) in [5.74, 6) is -0.156. The summed E-state index contributed by atoms with van der Waals surface area (Å²) in [5, 5.41) is 10.0. The maximum atomic E-state index is 15.0. The number of fused-ring (bicyclic) bond motifs is 2. The highest BCUT2D eigenvalue weighted by atomic mass is 19.1. The topological polar surface area (TPSA) is 107 Å². The van der Waals surface area contributed by atoms with E-state index < -0.39 is 11.8 Å². The van der Waals surface area contributed by atoms with Crippen LogP contribution in [-0.2, 0) is 4.79 Å². The number of H-pyrrole nitrogens is 1. The van der Waals surface area contributed by atoms with E-state index in [0.29, 0.717) is 52.8 Å². The molecule has 0 unspecified atom stereocenters. The molecule has 2 aromatic heterocycles. The molecular weight excluding hydrogens is 429 g/mol. The van der Waals surface area contributed by atoms with Gasteiger partial charge in [-0.25, -0.2) is 14.4 Å². The van der Waals surface area contributed by atoms with E-state index in [2.05, 4.69) is 15.0 Å². The minimum atomic E-state index is -0.763. The number of ether oxygens (including phenoxy) is 3. The van der Waals surface area contributed by atoms with E-state index >= 15 is 4.39 Å². The van der Waals surface area contributed by atoms with E-state index in [-0.39, 0.29) is 23.5 Å². The summed E-state index contributed by atoms with van der Waals surface area (Å²) in [6, 6.07) is 8.44. The van der Waals surface area contributed by atoms with Crippen molar-refractivity contribution in [2.45, 2.75) is 19.8 Å². The monoisotopic (exact) mass is 451 g/mol. The summed E-state index contributed by atoms with van der Waals surface area (Å²) in [6.45, 7) is 2.25. The predicted molar refractivity (Wildman–Crippen MR) is 119 cm³/mol. The lowest BCUT2D eigenvalue weighted by Gasteiger charge is -2.32. The minimum absolute atomic E-state index is 0.0544. The lowest BCUT2D eigenvalue weighted by Crippen LogP contribution is -2.33. The Balaban J connectivity index is 1.41. The van der Waals surface area contributed by atoms with Crippen molar-refractivity contribution in [3.63, 3.8) is 0 Å². The number of halogens is 1. The number of carboxylic acids is 1. The lowest BCUT2D eigenvalue weighted by atomic mass is 9.75. The highest BCUT2D eigenvalue weighted by Gasteiger charge is 2.34. The number of benzene rings is 2. The Labute approximate surface area is 188 Å². The van der Waals surface area contributed by atoms with Gasteiger partial charge in [-0.05, 0) is 49.9 Å². The molecule has 0 aliphatic heterocycles. The highest BCUT2D eigenvalue weighted by Crippen LogP contribution is 2.39. The van der Waals surface area contributed by atoms with Crippen LogP contribution in [0.15, 0.2) is 36.7 Å². The first-order valence-electron chi connectivity index (χ1n) is 10.6. The third-order valence-corrected chi connectivity index (χ3v) is 5.99. The molecule has 9 heteroatoms. The Hall–Kier alpha value is -3.88. The first kappa shape index (κ1) is 21.0. The van der Waals surface area contributed by atoms with Crippen LogP contribution in [0.3, 0.4) is 0 Å². The summed E-state index contributed by atoms with van der Waals surface area (Å²) in [4.78, 5) is 22.6. The fraction of sp³-hybridized carbons (Fsp3) is 0.292. The van der Waals surface area contributed by atoms with Crippen molar-refractivity contribution < 1.29 is 28.5 Å². The molecule has 1 aliphatic carbocycles. The molecule has 0 amide bonds. The average molecular weight is 451 g/mol. The second-order valence-corrected chi connectivity index (χ2v) is 8.28. The van der Waals surface area contributed by atoms with Gasteiger partial charge in [-0.15, -0.1) is 0 Å². The fourth-order valence-corrected chi connectivity index (χ4v) is 4.15. The van der Waals surface area contributed by atoms with Crippen LogP contribution >= 0.6 is 0 Å². The molecule has 170 valence electrons. The van der Waals surface area contributed by atoms with Gasteiger partial charge in [0.15, 0.2) is 23.1 Å². The van der Waals surface area contributed by atoms with Gasteiger partial charge in [-0.3, -0.25) is 4.79 Å². The van der Waals surface area contributed by atoms with Crippen LogP contribution in [0.4, 0.5) is 4.39 Å². The van der Waals surface area contributed by atoms with Crippen molar-refractivity contribution in [2.24, 2.45) is 11.8 Å². The number of carbonyl (C=O) groups is 1. The zero-order valence-corrected chi connectivity index (χ0v) is 18.1. The second-order valence-electron chi connectivity index (χ2n) is 8.28. The summed E-state index contributed by atoms with van der Waals surface area (Å²) in [5.41, 5.74) is 2.09. The van der Waals surface area contributed by atoms with E-state index in [1.165, 1.54) is 13.4 Å². The van der Waals surface area contributed by atoms with E-state index in [1.807, 2.05) is 6.92 Å². The van der Waals surface area contributed by atoms with Gasteiger partial charge in [0.2, 0.25) is 5.88 Å². The zero-order chi connectivity index (χ0) is 23.1. The van der Waals surface area contributed by atoms with Crippen LogP contribution in [0.5, 0.6) is 23.1 Å². The highest BCUT2D eigenvalue weighted by molar-refractivity contribution is 5.87. The largest absolute Gasteiger partial charge is 0.493 e. The van der Waals surface area contributed by atoms with Crippen molar-refractivity contribution in [1.29, 1.82) is 0 Å². The number of nitrogens with zero attached hydrogens (tertiary/aromatic N) is 2. The van der Waals surface area contributed by atoms with E-state index in [0.717, 1.165) is 5.69 Å². The molecule has 8 nitrogen and oxygen atoms in total. The Kier molecular flexibility index (Phi) is 5.24. The molecule has 1 saturated carbocycles. The van der Waals surface area contributed by atoms with Crippen molar-refractivity contribution in [3.8, 4) is 23.1 Å². The number of hydrogen-bond donors (Lipinski definition) is 2. The van der Waals surface area contributed by atoms with Crippen molar-refractivity contribution in [3.05, 3.63) is 48.2 Å². The van der Waals surface area contributed by atoms with Crippen LogP contribution in [0.25, 0.3) is 21.8 Å². The third kappa shape index (κ3) is 3.90. The Bertz CT molecular complexity index is 1360. The molecule has 0 spiro atoms. The number of aromatic amines is 1. The summed E-state index contributed by atoms with van der Waals surface area (Å²) < 4.78 is 32.2. The number of rotatable bonds is 7. The lowest BCUT2D eigenvalue weighted by molar-refractivity contribution is -0.146. The van der Waals surface area contributed by atoms with Crippen molar-refractivity contribution in [2.75, 3.05) is 13.7 Å². The maximum absolute atomic E-state index is 15.0. The number of aryl methyl sites for hydroxylation is 1. The Morgan fingerprint density at radius 3 is 2.73 bits per heavy atom. The predicted octanol–water partition coefficient (Wildman–Crippen LogP) is 4.85. The number of aromatic nitrogens is 3. The third-order valence-electron chi connectivity index (χ3n) is 5.99. The quantitative estimate of drug-likeness (QED) is 0.414. The number of methoxy groups -OCH3 is 1. The van der Waals surface area contributed by atoms with Gasteiger partial charge in [-0.1, -0.05) is 0 Å². The molecule has 33 heavy (non-hydrogen) atoms. The van der Waals surface area contributed by atoms with E-state index in [9.17, 15) is 4.79 Å². The molecule has 2 N–H and O–H groups in total. The first-order chi connectivity index (χ1) is 15.9. The Morgan fingerprint density at radius 1 is 1.15 bits per heavy atom. The molecule has 0 saturated heterocycles. The average Bonchev–Trinajstić information content (AvgIpc) is 3.15. The first-order valence-corrected chi connectivity index (χ1v) is 10.6. The molecule has 2 aromatic carbocycles. The standard InChI is InChI=1S/C24H22FN3O5/c1-12-5-15-17(28-12)3-4-19(22(15)25)33-23-16-8-20(31-2)21(9-18(16)26-11-27-23)32-10-13-6-14(7-13)24(29)30/h3-5,8-9,11,13-14,28H,6-7,10H2,1-2H3,(H,29,30). The summed E-state index contributed by atoms with van der Waals surface area (Å²) >= 11 is 0. The molecule has 0 radical (unpaired) electrons. The number of aliphatic carboxylic acids is 1. The number of nitrogens with one attached hydrogen (secondary N) is 1. The van der Waals surface area contributed by atoms with Crippen LogP contribution in [0.2, 0.25) is 0 Å². The van der Waals surface area contributed by atoms with Crippen LogP contribution in [0.1, 0.15) is 18.5 Å². The Morgan fingerprint density at radius 2 is 1.97 bits per heavy atom. The maximum Gasteiger partial charge on any atom is 0.306 e.